The van der Waals surface area contributed by atoms with Crippen molar-refractivity contribution in [1.29, 1.82) is 0 Å². The third-order valence-electron chi connectivity index (χ3n) is 7.07. The minimum atomic E-state index is -0.354. The fourth-order valence-corrected chi connectivity index (χ4v) is 5.99. The molecule has 0 bridgehead atoms. The first-order chi connectivity index (χ1) is 18.8. The molecule has 2 aromatic carbocycles. The largest absolute Gasteiger partial charge is 0.492 e. The number of carbonyl (C=O) groups excluding carboxylic acids is 2. The van der Waals surface area contributed by atoms with Crippen LogP contribution >= 0.6 is 11.8 Å². The number of piperidine rings is 1. The number of aryl methyl sites for hydroxylation is 1. The SMILES string of the molecule is Cc1cc(/C=C2\SC(=O)N(CCOc3ccccc3)C2=O)c(C)n1-c1ccc(N2CCCCC2)c([N+](=O)[O-])c1. The highest BCUT2D eigenvalue weighted by molar-refractivity contribution is 8.18. The van der Waals surface area contributed by atoms with E-state index in [-0.39, 0.29) is 34.9 Å². The molecule has 2 aliphatic rings. The van der Waals surface area contributed by atoms with Crippen LogP contribution in [-0.2, 0) is 4.79 Å². The lowest BCUT2D eigenvalue weighted by Gasteiger charge is -2.28. The van der Waals surface area contributed by atoms with Crippen molar-refractivity contribution in [3.63, 3.8) is 0 Å². The molecule has 39 heavy (non-hydrogen) atoms. The average molecular weight is 547 g/mol. The molecule has 1 aromatic heterocycles. The Morgan fingerprint density at radius 1 is 1.03 bits per heavy atom. The lowest BCUT2D eigenvalue weighted by molar-refractivity contribution is -0.384. The molecule has 0 saturated carbocycles. The van der Waals surface area contributed by atoms with E-state index in [1.54, 1.807) is 12.1 Å². The number of para-hydroxylation sites is 1. The summed E-state index contributed by atoms with van der Waals surface area (Å²) >= 11 is 0.906. The second-order valence-electron chi connectivity index (χ2n) is 9.63. The van der Waals surface area contributed by atoms with E-state index in [1.807, 2.05) is 66.9 Å². The lowest BCUT2D eigenvalue weighted by atomic mass is 10.1. The van der Waals surface area contributed by atoms with E-state index >= 15 is 0 Å². The molecule has 3 heterocycles. The number of hydrogen-bond donors (Lipinski definition) is 0. The Morgan fingerprint density at radius 2 is 1.77 bits per heavy atom. The number of nitro groups is 1. The van der Waals surface area contributed by atoms with Crippen LogP contribution in [0.5, 0.6) is 5.75 Å². The smallest absolute Gasteiger partial charge is 0.294 e. The third-order valence-corrected chi connectivity index (χ3v) is 7.98. The van der Waals surface area contributed by atoms with E-state index in [2.05, 4.69) is 4.90 Å². The first kappa shape index (κ1) is 26.6. The van der Waals surface area contributed by atoms with Crippen molar-refractivity contribution < 1.29 is 19.2 Å². The van der Waals surface area contributed by atoms with Crippen LogP contribution in [0.4, 0.5) is 16.2 Å². The fraction of sp³-hybridized carbons (Fsp3) is 0.310. The highest BCUT2D eigenvalue weighted by Crippen LogP contribution is 2.36. The number of imide groups is 1. The molecular weight excluding hydrogens is 516 g/mol. The summed E-state index contributed by atoms with van der Waals surface area (Å²) in [4.78, 5) is 40.9. The zero-order valence-electron chi connectivity index (χ0n) is 22.0. The van der Waals surface area contributed by atoms with Crippen molar-refractivity contribution in [2.45, 2.75) is 33.1 Å². The molecule has 9 nitrogen and oxygen atoms in total. The van der Waals surface area contributed by atoms with Crippen molar-refractivity contribution in [2.75, 3.05) is 31.1 Å². The summed E-state index contributed by atoms with van der Waals surface area (Å²) in [6.45, 7) is 5.82. The van der Waals surface area contributed by atoms with Gasteiger partial charge < -0.3 is 14.2 Å². The summed E-state index contributed by atoms with van der Waals surface area (Å²) in [7, 11) is 0. The predicted molar refractivity (Wildman–Crippen MR) is 153 cm³/mol. The summed E-state index contributed by atoms with van der Waals surface area (Å²) < 4.78 is 7.59. The highest BCUT2D eigenvalue weighted by atomic mass is 32.2. The summed E-state index contributed by atoms with van der Waals surface area (Å²) in [6.07, 6.45) is 4.93. The van der Waals surface area contributed by atoms with Gasteiger partial charge in [0, 0.05) is 30.5 Å². The van der Waals surface area contributed by atoms with Gasteiger partial charge in [0.2, 0.25) is 0 Å². The Labute approximate surface area is 231 Å². The van der Waals surface area contributed by atoms with Crippen molar-refractivity contribution in [3.8, 4) is 11.4 Å². The second-order valence-corrected chi connectivity index (χ2v) is 10.6. The number of benzene rings is 2. The molecule has 0 radical (unpaired) electrons. The molecular formula is C29H30N4O5S. The van der Waals surface area contributed by atoms with Crippen LogP contribution in [0.25, 0.3) is 11.8 Å². The Kier molecular flexibility index (Phi) is 7.74. The van der Waals surface area contributed by atoms with Crippen LogP contribution in [-0.4, -0.2) is 51.8 Å². The molecule has 0 aliphatic carbocycles. The number of hydrogen-bond acceptors (Lipinski definition) is 7. The van der Waals surface area contributed by atoms with Gasteiger partial charge in [-0.2, -0.15) is 0 Å². The van der Waals surface area contributed by atoms with Crippen LogP contribution in [0.2, 0.25) is 0 Å². The van der Waals surface area contributed by atoms with E-state index in [9.17, 15) is 19.7 Å². The fourth-order valence-electron chi connectivity index (χ4n) is 5.14. The molecule has 2 fully saturated rings. The van der Waals surface area contributed by atoms with Gasteiger partial charge in [-0.3, -0.25) is 24.6 Å². The molecule has 0 N–H and O–H groups in total. The molecule has 0 unspecified atom stereocenters. The van der Waals surface area contributed by atoms with E-state index < -0.39 is 0 Å². The first-order valence-corrected chi connectivity index (χ1v) is 13.8. The van der Waals surface area contributed by atoms with Gasteiger partial charge in [-0.05, 0) is 86.8 Å². The molecule has 2 aliphatic heterocycles. The van der Waals surface area contributed by atoms with Gasteiger partial charge >= 0.3 is 0 Å². The number of nitro benzene ring substituents is 1. The number of carbonyl (C=O) groups is 2. The molecule has 2 saturated heterocycles. The third kappa shape index (κ3) is 5.56. The molecule has 3 aromatic rings. The topological polar surface area (TPSA) is 97.9 Å². The molecule has 0 atom stereocenters. The van der Waals surface area contributed by atoms with Gasteiger partial charge in [-0.15, -0.1) is 0 Å². The monoisotopic (exact) mass is 546 g/mol. The van der Waals surface area contributed by atoms with Crippen molar-refractivity contribution in [1.82, 2.24) is 9.47 Å². The average Bonchev–Trinajstić information content (AvgIpc) is 3.37. The molecule has 0 spiro atoms. The molecule has 202 valence electrons. The standard InChI is InChI=1S/C29H30N4O5S/c1-20-17-22(18-27-28(34)31(29(35)39-27)15-16-38-24-9-5-3-6-10-24)21(2)32(20)23-11-12-25(26(19-23)33(36)37)30-13-7-4-8-14-30/h3,5-6,9-12,17-19H,4,7-8,13-16H2,1-2H3/b27-18-. The maximum Gasteiger partial charge on any atom is 0.294 e. The maximum atomic E-state index is 13.0. The van der Waals surface area contributed by atoms with E-state index in [0.717, 1.165) is 61.1 Å². The Morgan fingerprint density at radius 3 is 2.49 bits per heavy atom. The summed E-state index contributed by atoms with van der Waals surface area (Å²) in [5.74, 6) is 0.324. The zero-order valence-corrected chi connectivity index (χ0v) is 22.8. The number of ether oxygens (including phenoxy) is 1. The second kappa shape index (κ2) is 11.4. The van der Waals surface area contributed by atoms with Crippen LogP contribution in [0, 0.1) is 24.0 Å². The quantitative estimate of drug-likeness (QED) is 0.191. The predicted octanol–water partition coefficient (Wildman–Crippen LogP) is 6.11. The molecule has 5 rings (SSSR count). The number of aromatic nitrogens is 1. The van der Waals surface area contributed by atoms with Gasteiger partial charge in [0.05, 0.1) is 22.1 Å². The molecule has 2 amide bonds. The van der Waals surface area contributed by atoms with E-state index in [0.29, 0.717) is 22.0 Å². The van der Waals surface area contributed by atoms with E-state index in [4.69, 9.17) is 4.74 Å². The molecule has 10 heteroatoms. The van der Waals surface area contributed by atoms with Gasteiger partial charge in [0.15, 0.2) is 0 Å². The van der Waals surface area contributed by atoms with Crippen molar-refractivity contribution >= 4 is 40.4 Å². The van der Waals surface area contributed by atoms with E-state index in [1.165, 1.54) is 4.90 Å². The van der Waals surface area contributed by atoms with Gasteiger partial charge in [-0.25, -0.2) is 0 Å². The number of thioether (sulfide) groups is 1. The van der Waals surface area contributed by atoms with Crippen LogP contribution in [0.15, 0.2) is 59.5 Å². The first-order valence-electron chi connectivity index (χ1n) is 13.0. The summed E-state index contributed by atoms with van der Waals surface area (Å²) in [5.41, 5.74) is 3.89. The summed E-state index contributed by atoms with van der Waals surface area (Å²) in [5, 5.41) is 11.6. The number of anilines is 1. The minimum absolute atomic E-state index is 0.0855. The Bertz CT molecular complexity index is 1440. The zero-order chi connectivity index (χ0) is 27.5. The lowest BCUT2D eigenvalue weighted by Crippen LogP contribution is -2.32. The highest BCUT2D eigenvalue weighted by Gasteiger charge is 2.35. The van der Waals surface area contributed by atoms with Gasteiger partial charge in [-0.1, -0.05) is 18.2 Å². The van der Waals surface area contributed by atoms with Crippen molar-refractivity contribution in [3.05, 3.63) is 86.6 Å². The van der Waals surface area contributed by atoms with Gasteiger partial charge in [0.25, 0.3) is 16.8 Å². The van der Waals surface area contributed by atoms with Gasteiger partial charge in [0.1, 0.15) is 18.0 Å². The maximum absolute atomic E-state index is 13.0. The van der Waals surface area contributed by atoms with Crippen LogP contribution < -0.4 is 9.64 Å². The van der Waals surface area contributed by atoms with Crippen LogP contribution in [0.3, 0.4) is 0 Å². The minimum Gasteiger partial charge on any atom is -0.492 e. The van der Waals surface area contributed by atoms with Crippen molar-refractivity contribution in [2.24, 2.45) is 0 Å². The summed E-state index contributed by atoms with van der Waals surface area (Å²) in [6, 6.07) is 16.5. The number of amides is 2. The Hall–Kier alpha value is -4.05. The van der Waals surface area contributed by atoms with Crippen LogP contribution in [0.1, 0.15) is 36.2 Å². The Balaban J connectivity index is 1.36. The number of nitrogens with zero attached hydrogens (tertiary/aromatic N) is 4. The normalized spacial score (nSPS) is 16.8. The number of rotatable bonds is 8.